The number of allylic oxidation sites excluding steroid dienone is 2. The quantitative estimate of drug-likeness (QED) is 0.433. The van der Waals surface area contributed by atoms with E-state index in [9.17, 15) is 0 Å². The summed E-state index contributed by atoms with van der Waals surface area (Å²) < 4.78 is 0. The van der Waals surface area contributed by atoms with E-state index in [0.717, 1.165) is 11.8 Å². The van der Waals surface area contributed by atoms with Crippen molar-refractivity contribution < 1.29 is 0 Å². The zero-order chi connectivity index (χ0) is 6.43. The van der Waals surface area contributed by atoms with Gasteiger partial charge in [-0.2, -0.15) is 0 Å². The molecule has 2 aliphatic carbocycles. The van der Waals surface area contributed by atoms with Gasteiger partial charge in [0.25, 0.3) is 0 Å². The second-order valence-corrected chi connectivity index (χ2v) is 3.58. The SMILES string of the molecule is CC1=C2CCC(C2)C1C. The summed E-state index contributed by atoms with van der Waals surface area (Å²) >= 11 is 0. The molecule has 0 nitrogen and oxygen atoms in total. The van der Waals surface area contributed by atoms with Crippen LogP contribution in [-0.2, 0) is 0 Å². The third-order valence-electron chi connectivity index (χ3n) is 3.27. The summed E-state index contributed by atoms with van der Waals surface area (Å²) in [7, 11) is 0. The van der Waals surface area contributed by atoms with Crippen LogP contribution in [0.3, 0.4) is 0 Å². The van der Waals surface area contributed by atoms with Crippen molar-refractivity contribution in [1.82, 2.24) is 0 Å². The zero-order valence-electron chi connectivity index (χ0n) is 6.28. The average molecular weight is 122 g/mol. The van der Waals surface area contributed by atoms with E-state index in [0.29, 0.717) is 0 Å². The van der Waals surface area contributed by atoms with Crippen LogP contribution in [-0.4, -0.2) is 0 Å². The van der Waals surface area contributed by atoms with Crippen LogP contribution < -0.4 is 0 Å². The van der Waals surface area contributed by atoms with Crippen LogP contribution >= 0.6 is 0 Å². The summed E-state index contributed by atoms with van der Waals surface area (Å²) in [5, 5.41) is 0. The lowest BCUT2D eigenvalue weighted by atomic mass is 9.89. The fourth-order valence-electron chi connectivity index (χ4n) is 2.34. The largest absolute Gasteiger partial charge is 0.0710 e. The number of rotatable bonds is 0. The van der Waals surface area contributed by atoms with E-state index >= 15 is 0 Å². The van der Waals surface area contributed by atoms with Gasteiger partial charge < -0.3 is 0 Å². The zero-order valence-corrected chi connectivity index (χ0v) is 6.28. The van der Waals surface area contributed by atoms with Crippen LogP contribution in [0.15, 0.2) is 11.1 Å². The highest BCUT2D eigenvalue weighted by atomic mass is 14.4. The molecular weight excluding hydrogens is 108 g/mol. The maximum Gasteiger partial charge on any atom is -0.0200 e. The predicted octanol–water partition coefficient (Wildman–Crippen LogP) is 2.75. The Labute approximate surface area is 57.0 Å². The molecule has 0 N–H and O–H groups in total. The maximum absolute atomic E-state index is 2.38. The van der Waals surface area contributed by atoms with Crippen molar-refractivity contribution in [2.45, 2.75) is 33.1 Å². The van der Waals surface area contributed by atoms with Gasteiger partial charge in [0.15, 0.2) is 0 Å². The van der Waals surface area contributed by atoms with Crippen LogP contribution in [0.5, 0.6) is 0 Å². The summed E-state index contributed by atoms with van der Waals surface area (Å²) in [5.74, 6) is 1.97. The van der Waals surface area contributed by atoms with Crippen LogP contribution in [0.4, 0.5) is 0 Å². The molecule has 0 saturated heterocycles. The molecule has 0 heterocycles. The second kappa shape index (κ2) is 1.62. The van der Waals surface area contributed by atoms with E-state index in [2.05, 4.69) is 13.8 Å². The van der Waals surface area contributed by atoms with Gasteiger partial charge in [-0.15, -0.1) is 0 Å². The first kappa shape index (κ1) is 5.52. The first-order valence-electron chi connectivity index (χ1n) is 3.97. The highest BCUT2D eigenvalue weighted by Crippen LogP contribution is 2.47. The predicted molar refractivity (Wildman–Crippen MR) is 39.2 cm³/mol. The average Bonchev–Trinajstić information content (AvgIpc) is 2.37. The molecule has 1 saturated carbocycles. The molecule has 0 aromatic carbocycles. The molecule has 0 heteroatoms. The van der Waals surface area contributed by atoms with Crippen LogP contribution in [0.25, 0.3) is 0 Å². The molecule has 0 spiro atoms. The molecule has 2 aliphatic rings. The minimum Gasteiger partial charge on any atom is -0.0710 e. The van der Waals surface area contributed by atoms with Gasteiger partial charge in [-0.1, -0.05) is 18.1 Å². The van der Waals surface area contributed by atoms with Gasteiger partial charge in [0.1, 0.15) is 0 Å². The first-order valence-corrected chi connectivity index (χ1v) is 3.97. The molecule has 0 aliphatic heterocycles. The fraction of sp³-hybridized carbons (Fsp3) is 0.778. The van der Waals surface area contributed by atoms with E-state index in [1.165, 1.54) is 19.3 Å². The van der Waals surface area contributed by atoms with Gasteiger partial charge in [0, 0.05) is 0 Å². The van der Waals surface area contributed by atoms with Gasteiger partial charge in [0.05, 0.1) is 0 Å². The smallest absolute Gasteiger partial charge is 0.0200 e. The first-order chi connectivity index (χ1) is 4.29. The van der Waals surface area contributed by atoms with Gasteiger partial charge in [-0.05, 0) is 38.0 Å². The van der Waals surface area contributed by atoms with Gasteiger partial charge in [-0.3, -0.25) is 0 Å². The van der Waals surface area contributed by atoms with E-state index in [1.54, 1.807) is 11.1 Å². The fourth-order valence-corrected chi connectivity index (χ4v) is 2.34. The van der Waals surface area contributed by atoms with E-state index in [4.69, 9.17) is 0 Å². The molecule has 0 aromatic heterocycles. The van der Waals surface area contributed by atoms with Crippen molar-refractivity contribution in [3.05, 3.63) is 11.1 Å². The lowest BCUT2D eigenvalue weighted by Crippen LogP contribution is -2.05. The maximum atomic E-state index is 2.38. The van der Waals surface area contributed by atoms with Crippen LogP contribution in [0.1, 0.15) is 33.1 Å². The summed E-state index contributed by atoms with van der Waals surface area (Å²) in [6.07, 6.45) is 4.34. The summed E-state index contributed by atoms with van der Waals surface area (Å²) in [4.78, 5) is 0. The molecular formula is C9H14. The Morgan fingerprint density at radius 2 is 2.22 bits per heavy atom. The molecule has 50 valence electrons. The van der Waals surface area contributed by atoms with Crippen molar-refractivity contribution in [2.75, 3.05) is 0 Å². The number of hydrogen-bond donors (Lipinski definition) is 0. The van der Waals surface area contributed by atoms with Crippen molar-refractivity contribution in [2.24, 2.45) is 11.8 Å². The van der Waals surface area contributed by atoms with Gasteiger partial charge >= 0.3 is 0 Å². The van der Waals surface area contributed by atoms with E-state index in [1.807, 2.05) is 0 Å². The van der Waals surface area contributed by atoms with Gasteiger partial charge in [0.2, 0.25) is 0 Å². The molecule has 0 radical (unpaired) electrons. The van der Waals surface area contributed by atoms with E-state index < -0.39 is 0 Å². The van der Waals surface area contributed by atoms with Crippen molar-refractivity contribution in [1.29, 1.82) is 0 Å². The number of hydrogen-bond acceptors (Lipinski definition) is 0. The van der Waals surface area contributed by atoms with E-state index in [-0.39, 0.29) is 0 Å². The molecule has 0 aromatic rings. The van der Waals surface area contributed by atoms with Gasteiger partial charge in [-0.25, -0.2) is 0 Å². The minimum absolute atomic E-state index is 0.925. The topological polar surface area (TPSA) is 0 Å². The Hall–Kier alpha value is -0.260. The Bertz CT molecular complexity index is 165. The van der Waals surface area contributed by atoms with Crippen molar-refractivity contribution in [3.63, 3.8) is 0 Å². The molecule has 9 heavy (non-hydrogen) atoms. The standard InChI is InChI=1S/C9H14/c1-6-7(2)9-4-3-8(6)5-9/h6,8H,3-5H2,1-2H3. The molecule has 2 atom stereocenters. The molecule has 1 fully saturated rings. The monoisotopic (exact) mass is 122 g/mol. The highest BCUT2D eigenvalue weighted by molar-refractivity contribution is 5.26. The molecule has 2 rings (SSSR count). The Balaban J connectivity index is 2.36. The second-order valence-electron chi connectivity index (χ2n) is 3.58. The summed E-state index contributed by atoms with van der Waals surface area (Å²) in [5.41, 5.74) is 3.50. The Morgan fingerprint density at radius 1 is 1.44 bits per heavy atom. The third-order valence-corrected chi connectivity index (χ3v) is 3.27. The Morgan fingerprint density at radius 3 is 2.56 bits per heavy atom. The summed E-state index contributed by atoms with van der Waals surface area (Å²) in [6, 6.07) is 0. The number of fused-ring (bicyclic) bond motifs is 2. The normalized spacial score (nSPS) is 40.7. The highest BCUT2D eigenvalue weighted by Gasteiger charge is 2.33. The van der Waals surface area contributed by atoms with Crippen molar-refractivity contribution in [3.8, 4) is 0 Å². The molecule has 2 bridgehead atoms. The third kappa shape index (κ3) is 0.593. The lowest BCUT2D eigenvalue weighted by molar-refractivity contribution is 0.434. The van der Waals surface area contributed by atoms with Crippen LogP contribution in [0, 0.1) is 11.8 Å². The molecule has 0 amide bonds. The minimum atomic E-state index is 0.925. The van der Waals surface area contributed by atoms with Crippen LogP contribution in [0.2, 0.25) is 0 Å². The van der Waals surface area contributed by atoms with Crippen molar-refractivity contribution >= 4 is 0 Å². The lowest BCUT2D eigenvalue weighted by Gasteiger charge is -2.16. The molecule has 2 unspecified atom stereocenters. The summed E-state index contributed by atoms with van der Waals surface area (Å²) in [6.45, 7) is 4.70. The Kier molecular flexibility index (Phi) is 0.992.